The van der Waals surface area contributed by atoms with Crippen LogP contribution < -0.4 is 25.3 Å². The van der Waals surface area contributed by atoms with Gasteiger partial charge in [-0.3, -0.25) is 38.6 Å². The van der Waals surface area contributed by atoms with E-state index in [1.165, 1.54) is 23.4 Å². The second-order valence-electron chi connectivity index (χ2n) is 13.3. The molecule has 3 aromatic carbocycles. The summed E-state index contributed by atoms with van der Waals surface area (Å²) in [6, 6.07) is 22.9. The van der Waals surface area contributed by atoms with Crippen molar-refractivity contribution in [2.45, 2.75) is 37.8 Å². The van der Waals surface area contributed by atoms with E-state index in [2.05, 4.69) is 25.9 Å². The average molecular weight is 793 g/mol. The summed E-state index contributed by atoms with van der Waals surface area (Å²) in [6.07, 6.45) is 6.65. The molecule has 1 saturated heterocycles. The smallest absolute Gasteiger partial charge is 0.259 e. The molecular weight excluding hydrogens is 753 g/mol. The van der Waals surface area contributed by atoms with Gasteiger partial charge in [0.05, 0.1) is 49.7 Å². The number of aromatic hydroxyl groups is 2. The number of likely N-dealkylation sites (tertiary alicyclic amines) is 1. The zero-order chi connectivity index (χ0) is 39.5. The van der Waals surface area contributed by atoms with Crippen LogP contribution >= 0.6 is 24.4 Å². The molecule has 1 atom stereocenters. The first-order valence-electron chi connectivity index (χ1n) is 17.9. The molecule has 288 valence electrons. The molecule has 4 N–H and O–H groups in total. The highest BCUT2D eigenvalue weighted by Crippen LogP contribution is 2.41. The molecule has 0 amide bonds. The largest absolute Gasteiger partial charge is 0.497 e. The summed E-state index contributed by atoms with van der Waals surface area (Å²) in [6.45, 7) is 1.27. The Morgan fingerprint density at radius 2 is 1.39 bits per heavy atom. The van der Waals surface area contributed by atoms with Gasteiger partial charge in [-0.1, -0.05) is 30.7 Å². The minimum absolute atomic E-state index is 0.100. The van der Waals surface area contributed by atoms with Crippen LogP contribution in [-0.4, -0.2) is 67.1 Å². The van der Waals surface area contributed by atoms with Crippen molar-refractivity contribution in [1.82, 2.24) is 29.0 Å². The summed E-state index contributed by atoms with van der Waals surface area (Å²) in [7, 11) is 4.59. The minimum Gasteiger partial charge on any atom is -0.497 e. The van der Waals surface area contributed by atoms with Gasteiger partial charge in [-0.25, -0.2) is 0 Å². The van der Waals surface area contributed by atoms with E-state index in [-0.39, 0.29) is 26.7 Å². The van der Waals surface area contributed by atoms with Crippen molar-refractivity contribution in [1.29, 1.82) is 0 Å². The van der Waals surface area contributed by atoms with E-state index < -0.39 is 28.8 Å². The van der Waals surface area contributed by atoms with E-state index in [0.717, 1.165) is 36.9 Å². The normalized spacial score (nSPS) is 14.5. The predicted octanol–water partition coefficient (Wildman–Crippen LogP) is 6.84. The van der Waals surface area contributed by atoms with Gasteiger partial charge in [-0.05, 0) is 97.4 Å². The molecule has 3 aromatic heterocycles. The Bertz CT molecular complexity index is 2510. The maximum atomic E-state index is 14.2. The van der Waals surface area contributed by atoms with Crippen molar-refractivity contribution in [2.24, 2.45) is 0 Å². The number of nitrogens with one attached hydrogen (secondary N) is 2. The summed E-state index contributed by atoms with van der Waals surface area (Å²) in [5.41, 5.74) is 1.00. The molecule has 1 aliphatic rings. The lowest BCUT2D eigenvalue weighted by Gasteiger charge is -2.36. The van der Waals surface area contributed by atoms with E-state index in [0.29, 0.717) is 40.7 Å². The highest BCUT2D eigenvalue weighted by Gasteiger charge is 2.34. The van der Waals surface area contributed by atoms with Crippen molar-refractivity contribution < 1.29 is 24.4 Å². The van der Waals surface area contributed by atoms with E-state index >= 15 is 0 Å². The van der Waals surface area contributed by atoms with E-state index in [9.17, 15) is 19.8 Å². The Morgan fingerprint density at radius 3 is 1.93 bits per heavy atom. The third-order valence-electron chi connectivity index (χ3n) is 10.1. The van der Waals surface area contributed by atoms with Gasteiger partial charge in [0.15, 0.2) is 9.54 Å². The van der Waals surface area contributed by atoms with E-state index in [1.807, 2.05) is 18.3 Å². The Hall–Kier alpha value is -6.03. The molecule has 15 heteroatoms. The van der Waals surface area contributed by atoms with Gasteiger partial charge in [0.25, 0.3) is 11.1 Å². The third kappa shape index (κ3) is 7.35. The first-order chi connectivity index (χ1) is 27.1. The highest BCUT2D eigenvalue weighted by atomic mass is 32.1. The van der Waals surface area contributed by atoms with Crippen LogP contribution in [0.5, 0.6) is 29.0 Å². The van der Waals surface area contributed by atoms with Crippen LogP contribution in [0, 0.1) is 9.54 Å². The Morgan fingerprint density at radius 1 is 0.786 bits per heavy atom. The molecular formula is C41H40N6O7S2. The molecule has 56 heavy (non-hydrogen) atoms. The van der Waals surface area contributed by atoms with Crippen molar-refractivity contribution in [2.75, 3.05) is 27.9 Å². The maximum absolute atomic E-state index is 14.2. The van der Waals surface area contributed by atoms with Crippen LogP contribution in [0.1, 0.15) is 59.0 Å². The molecule has 0 radical (unpaired) electrons. The van der Waals surface area contributed by atoms with Crippen molar-refractivity contribution >= 4 is 24.4 Å². The van der Waals surface area contributed by atoms with Crippen LogP contribution in [0.25, 0.3) is 11.4 Å². The number of rotatable bonds is 11. The van der Waals surface area contributed by atoms with Gasteiger partial charge in [0, 0.05) is 42.7 Å². The maximum Gasteiger partial charge on any atom is 0.259 e. The first-order valence-corrected chi connectivity index (χ1v) is 18.7. The predicted molar refractivity (Wildman–Crippen MR) is 216 cm³/mol. The molecule has 7 rings (SSSR count). The first kappa shape index (κ1) is 38.3. The quantitative estimate of drug-likeness (QED) is 0.102. The van der Waals surface area contributed by atoms with Gasteiger partial charge < -0.3 is 24.4 Å². The van der Waals surface area contributed by atoms with Gasteiger partial charge in [-0.15, -0.1) is 0 Å². The lowest BCUT2D eigenvalue weighted by atomic mass is 9.85. The number of aromatic amines is 2. The van der Waals surface area contributed by atoms with Crippen LogP contribution in [0.4, 0.5) is 0 Å². The standard InChI is InChI=1S/C41H40N6O7S2/c1-52-29-12-6-10-27(20-29)46-38(50)34(36(48)43-40(46)55)33(35-37(49)44-41(56)47(39(35)51)28-11-7-13-30(21-28)53-2)24-15-16-32(54-3)26(19-24)23-45-18-5-4-14-31(45)25-9-8-17-42-22-25/h6-13,15-17,19-22,31,33,50-51H,4-5,14,18,23H2,1-3H3,(H,43,48,55)(H,44,49,56)/t31-/m0/s1. The lowest BCUT2D eigenvalue weighted by molar-refractivity contribution is 0.139. The number of nitrogens with zero attached hydrogens (tertiary/aromatic N) is 4. The van der Waals surface area contributed by atoms with Gasteiger partial charge in [0.1, 0.15) is 17.2 Å². The molecule has 6 aromatic rings. The Balaban J connectivity index is 1.48. The zero-order valence-corrected chi connectivity index (χ0v) is 32.5. The van der Waals surface area contributed by atoms with Crippen LogP contribution in [-0.2, 0) is 6.54 Å². The average Bonchev–Trinajstić information content (AvgIpc) is 3.20. The number of hydrogen-bond acceptors (Lipinski definition) is 11. The van der Waals surface area contributed by atoms with Gasteiger partial charge >= 0.3 is 0 Å². The summed E-state index contributed by atoms with van der Waals surface area (Å²) < 4.78 is 19.1. The number of ether oxygens (including phenoxy) is 3. The number of benzene rings is 3. The second kappa shape index (κ2) is 16.4. The fourth-order valence-electron chi connectivity index (χ4n) is 7.50. The van der Waals surface area contributed by atoms with Crippen LogP contribution in [0.3, 0.4) is 0 Å². The number of aromatic nitrogens is 5. The molecule has 0 spiro atoms. The SMILES string of the molecule is COc1cccc(-n2c(O)c(C(c3ccc(OC)c(CN4CCCC[C@H]4c4cccnc4)c3)c3c(O)n(-c4cccc(OC)c4)c(=S)[nH]c3=O)c(=O)[nH]c2=S)c1. The Kier molecular flexibility index (Phi) is 11.2. The third-order valence-corrected chi connectivity index (χ3v) is 10.7. The fourth-order valence-corrected chi connectivity index (χ4v) is 8.07. The molecule has 0 unspecified atom stereocenters. The summed E-state index contributed by atoms with van der Waals surface area (Å²) in [4.78, 5) is 40.5. The van der Waals surface area contributed by atoms with E-state index in [4.69, 9.17) is 38.6 Å². The molecule has 13 nitrogen and oxygen atoms in total. The number of piperidine rings is 1. The second-order valence-corrected chi connectivity index (χ2v) is 14.1. The number of hydrogen-bond donors (Lipinski definition) is 4. The minimum atomic E-state index is -1.37. The molecule has 1 fully saturated rings. The highest BCUT2D eigenvalue weighted by molar-refractivity contribution is 7.71. The van der Waals surface area contributed by atoms with Crippen molar-refractivity contribution in [3.8, 4) is 40.4 Å². The molecule has 0 aliphatic carbocycles. The number of methoxy groups -OCH3 is 3. The van der Waals surface area contributed by atoms with Gasteiger partial charge in [-0.2, -0.15) is 0 Å². The molecule has 1 aliphatic heterocycles. The van der Waals surface area contributed by atoms with Crippen LogP contribution in [0.15, 0.2) is 101 Å². The number of pyridine rings is 1. The summed E-state index contributed by atoms with van der Waals surface area (Å²) in [5, 5.41) is 24.4. The summed E-state index contributed by atoms with van der Waals surface area (Å²) >= 11 is 11.1. The monoisotopic (exact) mass is 792 g/mol. The number of H-pyrrole nitrogens is 2. The lowest BCUT2D eigenvalue weighted by Crippen LogP contribution is -2.33. The Labute approximate surface area is 332 Å². The van der Waals surface area contributed by atoms with E-state index in [1.54, 1.807) is 74.0 Å². The topological polar surface area (TPSA) is 160 Å². The summed E-state index contributed by atoms with van der Waals surface area (Å²) in [5.74, 6) is -0.928. The zero-order valence-electron chi connectivity index (χ0n) is 30.9. The van der Waals surface area contributed by atoms with Crippen LogP contribution in [0.2, 0.25) is 0 Å². The van der Waals surface area contributed by atoms with Gasteiger partial charge in [0.2, 0.25) is 11.8 Å². The molecule has 0 saturated carbocycles. The van der Waals surface area contributed by atoms with Crippen molar-refractivity contribution in [3.05, 3.63) is 149 Å². The molecule has 4 heterocycles. The fraction of sp³-hybridized carbons (Fsp3) is 0.244. The van der Waals surface area contributed by atoms with Crippen molar-refractivity contribution in [3.63, 3.8) is 0 Å². The molecule has 0 bridgehead atoms.